The Morgan fingerprint density at radius 3 is 2.21 bits per heavy atom. The molecule has 2 aromatic carbocycles. The first-order valence-corrected chi connectivity index (χ1v) is 11.8. The molecule has 0 unspecified atom stereocenters. The summed E-state index contributed by atoms with van der Waals surface area (Å²) in [5.41, 5.74) is 3.29. The quantitative estimate of drug-likeness (QED) is 0.428. The number of benzene rings is 2. The van der Waals surface area contributed by atoms with Gasteiger partial charge in [-0.25, -0.2) is 8.78 Å². The predicted molar refractivity (Wildman–Crippen MR) is 135 cm³/mol. The van der Waals surface area contributed by atoms with Crippen LogP contribution < -0.4 is 10.2 Å². The van der Waals surface area contributed by atoms with Crippen LogP contribution in [0.25, 0.3) is 0 Å². The lowest BCUT2D eigenvalue weighted by Gasteiger charge is -2.29. The number of alkyl halides is 3. The molecule has 0 spiro atoms. The Hall–Kier alpha value is -4.06. The van der Waals surface area contributed by atoms with Crippen molar-refractivity contribution in [3.05, 3.63) is 94.8 Å². The van der Waals surface area contributed by atoms with Crippen LogP contribution in [0, 0.1) is 18.6 Å². The summed E-state index contributed by atoms with van der Waals surface area (Å²) < 4.78 is 62.0. The fraction of sp³-hybridized carbons (Fsp3) is 0.296. The van der Waals surface area contributed by atoms with Gasteiger partial charge in [-0.1, -0.05) is 35.9 Å². The number of rotatable bonds is 6. The molecular formula is C27H28F5N3O4. The standard InChI is InChI=1S/C13H14F2N2O4.C13H13N.CHF3/c14-9-5-8(17-1-3-21-4-2-17)6-10(15)12(9)13(20)16-7-11(18)19;1-11-5-4-6-12(9-11)10-13-7-2-3-8-14-13;2-1(3)4/h5-6H,1-4,7H2,(H,16,20)(H,18,19);2-9H,10H2,1H3;1H. The summed E-state index contributed by atoms with van der Waals surface area (Å²) in [4.78, 5) is 28.0. The molecule has 4 rings (SSSR count). The van der Waals surface area contributed by atoms with Gasteiger partial charge in [0.25, 0.3) is 5.91 Å². The predicted octanol–water partition coefficient (Wildman–Crippen LogP) is 4.78. The zero-order valence-corrected chi connectivity index (χ0v) is 21.0. The van der Waals surface area contributed by atoms with Crippen molar-refractivity contribution in [2.75, 3.05) is 37.7 Å². The van der Waals surface area contributed by atoms with Gasteiger partial charge < -0.3 is 20.1 Å². The van der Waals surface area contributed by atoms with Crippen molar-refractivity contribution in [3.8, 4) is 0 Å². The molecule has 0 aliphatic carbocycles. The Morgan fingerprint density at radius 2 is 1.67 bits per heavy atom. The molecule has 39 heavy (non-hydrogen) atoms. The number of carboxylic acid groups (broad SMARTS) is 1. The van der Waals surface area contributed by atoms with Crippen molar-refractivity contribution in [1.29, 1.82) is 0 Å². The molecule has 2 heterocycles. The summed E-state index contributed by atoms with van der Waals surface area (Å²) in [5.74, 6) is -4.45. The van der Waals surface area contributed by atoms with E-state index in [1.165, 1.54) is 11.1 Å². The van der Waals surface area contributed by atoms with E-state index in [0.29, 0.717) is 32.0 Å². The summed E-state index contributed by atoms with van der Waals surface area (Å²) in [6.45, 7) is -0.327. The third kappa shape index (κ3) is 11.5. The van der Waals surface area contributed by atoms with Crippen molar-refractivity contribution in [1.82, 2.24) is 10.3 Å². The van der Waals surface area contributed by atoms with Gasteiger partial charge in [-0.05, 0) is 36.8 Å². The highest BCUT2D eigenvalue weighted by Gasteiger charge is 2.21. The molecule has 12 heteroatoms. The Balaban J connectivity index is 0.000000254. The molecule has 1 aliphatic rings. The number of hydrogen-bond donors (Lipinski definition) is 2. The number of anilines is 1. The highest BCUT2D eigenvalue weighted by molar-refractivity contribution is 5.96. The number of aryl methyl sites for hydroxylation is 1. The van der Waals surface area contributed by atoms with Gasteiger partial charge in [0.15, 0.2) is 0 Å². The maximum atomic E-state index is 13.9. The fourth-order valence-electron chi connectivity index (χ4n) is 3.56. The summed E-state index contributed by atoms with van der Waals surface area (Å²) in [7, 11) is 0. The first-order valence-electron chi connectivity index (χ1n) is 11.8. The Bertz CT molecular complexity index is 1180. The van der Waals surface area contributed by atoms with Gasteiger partial charge in [0.1, 0.15) is 23.7 Å². The SMILES string of the molecule is Cc1cccc(Cc2ccccn2)c1.FC(F)F.O=C(O)CNC(=O)c1c(F)cc(N2CCOCC2)cc1F. The minimum absolute atomic E-state index is 0.322. The number of carbonyl (C=O) groups is 2. The highest BCUT2D eigenvalue weighted by Crippen LogP contribution is 2.23. The molecule has 1 aromatic heterocycles. The second-order valence-electron chi connectivity index (χ2n) is 8.19. The van der Waals surface area contributed by atoms with Crippen LogP contribution >= 0.6 is 0 Å². The van der Waals surface area contributed by atoms with E-state index in [1.54, 1.807) is 4.90 Å². The molecule has 0 saturated carbocycles. The van der Waals surface area contributed by atoms with Gasteiger partial charge in [-0.2, -0.15) is 13.2 Å². The number of carbonyl (C=O) groups excluding carboxylic acids is 1. The van der Waals surface area contributed by atoms with E-state index in [4.69, 9.17) is 9.84 Å². The smallest absolute Gasteiger partial charge is 0.379 e. The monoisotopic (exact) mass is 553 g/mol. The minimum atomic E-state index is -3.67. The highest BCUT2D eigenvalue weighted by atomic mass is 19.4. The molecule has 0 bridgehead atoms. The first kappa shape index (κ1) is 31.2. The number of ether oxygens (including phenoxy) is 1. The summed E-state index contributed by atoms with van der Waals surface area (Å²) >= 11 is 0. The third-order valence-corrected chi connectivity index (χ3v) is 5.22. The van der Waals surface area contributed by atoms with Gasteiger partial charge in [-0.3, -0.25) is 14.6 Å². The Morgan fingerprint density at radius 1 is 1.03 bits per heavy atom. The summed E-state index contributed by atoms with van der Waals surface area (Å²) in [6, 6.07) is 16.7. The second-order valence-corrected chi connectivity index (χ2v) is 8.19. The van der Waals surface area contributed by atoms with Gasteiger partial charge >= 0.3 is 12.6 Å². The maximum absolute atomic E-state index is 13.9. The number of pyridine rings is 1. The molecule has 1 amide bonds. The molecule has 0 atom stereocenters. The normalized spacial score (nSPS) is 12.5. The number of halogens is 5. The number of carboxylic acids is 1. The van der Waals surface area contributed by atoms with Crippen LogP contribution in [-0.4, -0.2) is 61.5 Å². The average Bonchev–Trinajstić information content (AvgIpc) is 2.88. The van der Waals surface area contributed by atoms with Crippen molar-refractivity contribution >= 4 is 17.6 Å². The van der Waals surface area contributed by atoms with Gasteiger partial charge in [-0.15, -0.1) is 0 Å². The second kappa shape index (κ2) is 16.0. The molecule has 0 radical (unpaired) electrons. The van der Waals surface area contributed by atoms with Crippen LogP contribution in [0.4, 0.5) is 27.6 Å². The van der Waals surface area contributed by atoms with Crippen LogP contribution in [0.15, 0.2) is 60.8 Å². The minimum Gasteiger partial charge on any atom is -0.480 e. The van der Waals surface area contributed by atoms with Crippen molar-refractivity contribution in [2.45, 2.75) is 20.0 Å². The topological polar surface area (TPSA) is 91.8 Å². The molecule has 2 N–H and O–H groups in total. The van der Waals surface area contributed by atoms with E-state index >= 15 is 0 Å². The van der Waals surface area contributed by atoms with Crippen LogP contribution in [0.2, 0.25) is 0 Å². The van der Waals surface area contributed by atoms with Crippen molar-refractivity contribution in [3.63, 3.8) is 0 Å². The molecule has 7 nitrogen and oxygen atoms in total. The molecule has 1 fully saturated rings. The van der Waals surface area contributed by atoms with E-state index in [9.17, 15) is 31.5 Å². The number of morpholine rings is 1. The summed E-state index contributed by atoms with van der Waals surface area (Å²) in [6.07, 6.45) is 2.76. The van der Waals surface area contributed by atoms with Gasteiger partial charge in [0.2, 0.25) is 0 Å². The number of nitrogens with one attached hydrogen (secondary N) is 1. The first-order chi connectivity index (χ1) is 18.6. The molecule has 1 aliphatic heterocycles. The zero-order chi connectivity index (χ0) is 28.8. The van der Waals surface area contributed by atoms with Crippen molar-refractivity contribution in [2.24, 2.45) is 0 Å². The van der Waals surface area contributed by atoms with E-state index < -0.39 is 42.3 Å². The maximum Gasteiger partial charge on any atom is 0.379 e. The molecule has 210 valence electrons. The van der Waals surface area contributed by atoms with E-state index in [1.807, 2.05) is 23.6 Å². The number of aliphatic carboxylic acids is 1. The van der Waals surface area contributed by atoms with Gasteiger partial charge in [0.05, 0.1) is 13.2 Å². The number of nitrogens with zero attached hydrogens (tertiary/aromatic N) is 2. The average molecular weight is 554 g/mol. The number of amides is 1. The Kier molecular flexibility index (Phi) is 12.8. The lowest BCUT2D eigenvalue weighted by atomic mass is 10.1. The molecule has 3 aromatic rings. The zero-order valence-electron chi connectivity index (χ0n) is 21.0. The van der Waals surface area contributed by atoms with Crippen LogP contribution in [0.3, 0.4) is 0 Å². The van der Waals surface area contributed by atoms with Crippen LogP contribution in [0.5, 0.6) is 0 Å². The lowest BCUT2D eigenvalue weighted by molar-refractivity contribution is -0.135. The summed E-state index contributed by atoms with van der Waals surface area (Å²) in [5, 5.41) is 10.4. The van der Waals surface area contributed by atoms with E-state index in [-0.39, 0.29) is 0 Å². The van der Waals surface area contributed by atoms with Crippen LogP contribution in [-0.2, 0) is 16.0 Å². The van der Waals surface area contributed by atoms with E-state index in [0.717, 1.165) is 24.2 Å². The third-order valence-electron chi connectivity index (χ3n) is 5.22. The van der Waals surface area contributed by atoms with Crippen LogP contribution in [0.1, 0.15) is 27.2 Å². The number of aromatic nitrogens is 1. The van der Waals surface area contributed by atoms with Gasteiger partial charge in [0, 0.05) is 37.1 Å². The Labute approximate surface area is 222 Å². The largest absolute Gasteiger partial charge is 0.480 e. The van der Waals surface area contributed by atoms with Crippen molar-refractivity contribution < 1.29 is 41.4 Å². The lowest BCUT2D eigenvalue weighted by Crippen LogP contribution is -2.36. The molecule has 1 saturated heterocycles. The number of hydrogen-bond acceptors (Lipinski definition) is 5. The molecular weight excluding hydrogens is 525 g/mol. The van der Waals surface area contributed by atoms with E-state index in [2.05, 4.69) is 42.2 Å². The fourth-order valence-corrected chi connectivity index (χ4v) is 3.56.